The fraction of sp³-hybridized carbons (Fsp3) is 0.190. The minimum Gasteiger partial charge on any atom is -0.467 e. The molecule has 2 heterocycles. The van der Waals surface area contributed by atoms with Crippen molar-refractivity contribution in [3.63, 3.8) is 0 Å². The third kappa shape index (κ3) is 3.43. The van der Waals surface area contributed by atoms with Crippen molar-refractivity contribution in [3.8, 4) is 0 Å². The van der Waals surface area contributed by atoms with Crippen molar-refractivity contribution in [1.82, 2.24) is 5.32 Å². The van der Waals surface area contributed by atoms with Gasteiger partial charge in [0.1, 0.15) is 11.8 Å². The van der Waals surface area contributed by atoms with Crippen molar-refractivity contribution in [3.05, 3.63) is 89.4 Å². The van der Waals surface area contributed by atoms with E-state index in [1.54, 1.807) is 6.26 Å². The van der Waals surface area contributed by atoms with Crippen molar-refractivity contribution in [2.45, 2.75) is 12.5 Å². The number of halogens is 2. The minimum atomic E-state index is -1.04. The van der Waals surface area contributed by atoms with Crippen LogP contribution in [0.4, 0.5) is 14.5 Å². The van der Waals surface area contributed by atoms with Crippen LogP contribution in [0.3, 0.4) is 0 Å². The quantitative estimate of drug-likeness (QED) is 0.738. The van der Waals surface area contributed by atoms with Crippen LogP contribution in [0, 0.1) is 11.6 Å². The largest absolute Gasteiger partial charge is 0.467 e. The second kappa shape index (κ2) is 7.23. The summed E-state index contributed by atoms with van der Waals surface area (Å²) >= 11 is 0. The third-order valence-corrected chi connectivity index (χ3v) is 4.81. The molecule has 0 saturated carbocycles. The van der Waals surface area contributed by atoms with Gasteiger partial charge in [-0.15, -0.1) is 0 Å². The number of carbonyl (C=O) groups excluding carboxylic acids is 1. The van der Waals surface area contributed by atoms with Gasteiger partial charge in [0.25, 0.3) is 5.91 Å². The van der Waals surface area contributed by atoms with Crippen LogP contribution in [0.15, 0.2) is 65.3 Å². The molecule has 138 valence electrons. The first-order chi connectivity index (χ1) is 13.1. The van der Waals surface area contributed by atoms with Crippen LogP contribution >= 0.6 is 0 Å². The molecule has 1 N–H and O–H groups in total. The lowest BCUT2D eigenvalue weighted by Gasteiger charge is -2.29. The summed E-state index contributed by atoms with van der Waals surface area (Å²) in [6, 6.07) is 14.7. The molecule has 0 bridgehead atoms. The number of hydrogen-bond acceptors (Lipinski definition) is 3. The minimum absolute atomic E-state index is 0.0777. The molecule has 3 aromatic rings. The summed E-state index contributed by atoms with van der Waals surface area (Å²) in [5, 5.41) is 2.81. The number of hydrogen-bond donors (Lipinski definition) is 1. The lowest BCUT2D eigenvalue weighted by molar-refractivity contribution is 0.0949. The molecular weight excluding hydrogens is 350 g/mol. The van der Waals surface area contributed by atoms with E-state index in [1.165, 1.54) is 11.6 Å². The van der Waals surface area contributed by atoms with Gasteiger partial charge < -0.3 is 14.6 Å². The Morgan fingerprint density at radius 1 is 1.11 bits per heavy atom. The first-order valence-electron chi connectivity index (χ1n) is 8.74. The molecule has 4 rings (SSSR count). The van der Waals surface area contributed by atoms with Crippen molar-refractivity contribution >= 4 is 11.6 Å². The van der Waals surface area contributed by atoms with E-state index in [9.17, 15) is 13.6 Å². The van der Waals surface area contributed by atoms with Crippen molar-refractivity contribution < 1.29 is 18.0 Å². The summed E-state index contributed by atoms with van der Waals surface area (Å²) in [5.41, 5.74) is 2.44. The fourth-order valence-electron chi connectivity index (χ4n) is 3.46. The summed E-state index contributed by atoms with van der Waals surface area (Å²) in [6.45, 7) is 1.09. The zero-order chi connectivity index (χ0) is 18.8. The molecule has 4 nitrogen and oxygen atoms in total. The number of fused-ring (bicyclic) bond motifs is 1. The smallest absolute Gasteiger partial charge is 0.251 e. The monoisotopic (exact) mass is 368 g/mol. The van der Waals surface area contributed by atoms with Gasteiger partial charge in [-0.25, -0.2) is 8.78 Å². The molecule has 0 saturated heterocycles. The zero-order valence-electron chi connectivity index (χ0n) is 14.5. The van der Waals surface area contributed by atoms with Gasteiger partial charge in [-0.2, -0.15) is 0 Å². The number of rotatable bonds is 5. The summed E-state index contributed by atoms with van der Waals surface area (Å²) in [4.78, 5) is 14.6. The molecule has 0 aliphatic carbocycles. The Hall–Kier alpha value is -3.15. The molecule has 6 heteroatoms. The first-order valence-corrected chi connectivity index (χ1v) is 8.74. The number of amides is 1. The highest BCUT2D eigenvalue weighted by atomic mass is 19.2. The van der Waals surface area contributed by atoms with Gasteiger partial charge in [0, 0.05) is 24.3 Å². The van der Waals surface area contributed by atoms with Gasteiger partial charge in [0.05, 0.1) is 6.26 Å². The van der Waals surface area contributed by atoms with Crippen LogP contribution in [0.5, 0.6) is 0 Å². The maximum Gasteiger partial charge on any atom is 0.251 e. The normalized spacial score (nSPS) is 14.1. The van der Waals surface area contributed by atoms with Crippen molar-refractivity contribution in [2.75, 3.05) is 18.0 Å². The van der Waals surface area contributed by atoms with Crippen LogP contribution in [-0.2, 0) is 6.42 Å². The highest BCUT2D eigenvalue weighted by Gasteiger charge is 2.29. The van der Waals surface area contributed by atoms with Gasteiger partial charge in [-0.05, 0) is 48.4 Å². The summed E-state index contributed by atoms with van der Waals surface area (Å²) in [7, 11) is 0. The van der Waals surface area contributed by atoms with Gasteiger partial charge in [0.2, 0.25) is 0 Å². The van der Waals surface area contributed by atoms with Crippen LogP contribution in [0.1, 0.15) is 27.7 Å². The molecule has 0 radical (unpaired) electrons. The highest BCUT2D eigenvalue weighted by molar-refractivity contribution is 5.94. The number of para-hydroxylation sites is 1. The van der Waals surface area contributed by atoms with Crippen LogP contribution in [0.25, 0.3) is 0 Å². The predicted octanol–water partition coefficient (Wildman–Crippen LogP) is 4.09. The Bertz CT molecular complexity index is 957. The zero-order valence-corrected chi connectivity index (χ0v) is 14.5. The molecule has 0 fully saturated rings. The van der Waals surface area contributed by atoms with Gasteiger partial charge in [-0.3, -0.25) is 4.79 Å². The molecule has 1 unspecified atom stereocenters. The molecule has 2 aromatic carbocycles. The molecule has 27 heavy (non-hydrogen) atoms. The number of carbonyl (C=O) groups is 1. The van der Waals surface area contributed by atoms with Crippen molar-refractivity contribution in [1.29, 1.82) is 0 Å². The van der Waals surface area contributed by atoms with E-state index in [-0.39, 0.29) is 18.2 Å². The number of nitrogens with one attached hydrogen (secondary N) is 1. The average molecular weight is 368 g/mol. The molecule has 1 aromatic heterocycles. The molecule has 1 amide bonds. The molecule has 0 spiro atoms. The van der Waals surface area contributed by atoms with E-state index in [1.807, 2.05) is 24.3 Å². The number of anilines is 1. The number of benzene rings is 2. The molecule has 1 aliphatic heterocycles. The Kier molecular flexibility index (Phi) is 4.62. The van der Waals surface area contributed by atoms with E-state index < -0.39 is 17.5 Å². The standard InChI is InChI=1S/C21H18F2N2O2/c22-16-8-7-15(12-17(16)23)21(26)24-13-19(20-6-3-11-27-20)25-10-9-14-4-1-2-5-18(14)25/h1-8,11-12,19H,9-10,13H2,(H,24,26). The summed E-state index contributed by atoms with van der Waals surface area (Å²) < 4.78 is 32.1. The second-order valence-corrected chi connectivity index (χ2v) is 6.44. The summed E-state index contributed by atoms with van der Waals surface area (Å²) in [5.74, 6) is -1.75. The lowest BCUT2D eigenvalue weighted by Crippen LogP contribution is -2.37. The van der Waals surface area contributed by atoms with Gasteiger partial charge in [0.15, 0.2) is 11.6 Å². The highest BCUT2D eigenvalue weighted by Crippen LogP contribution is 2.35. The Balaban J connectivity index is 1.54. The van der Waals surface area contributed by atoms with E-state index in [0.717, 1.165) is 36.5 Å². The third-order valence-electron chi connectivity index (χ3n) is 4.81. The Morgan fingerprint density at radius 2 is 1.96 bits per heavy atom. The molecule has 1 aliphatic rings. The van der Waals surface area contributed by atoms with Crippen LogP contribution < -0.4 is 10.2 Å². The summed E-state index contributed by atoms with van der Waals surface area (Å²) in [6.07, 6.45) is 2.52. The van der Waals surface area contributed by atoms with Crippen molar-refractivity contribution in [2.24, 2.45) is 0 Å². The second-order valence-electron chi connectivity index (χ2n) is 6.44. The fourth-order valence-corrected chi connectivity index (χ4v) is 3.46. The van der Waals surface area contributed by atoms with Gasteiger partial charge >= 0.3 is 0 Å². The average Bonchev–Trinajstić information content (AvgIpc) is 3.35. The van der Waals surface area contributed by atoms with E-state index >= 15 is 0 Å². The topological polar surface area (TPSA) is 45.5 Å². The van der Waals surface area contributed by atoms with E-state index in [2.05, 4.69) is 22.3 Å². The maximum atomic E-state index is 13.4. The SMILES string of the molecule is O=C(NCC(c1ccco1)N1CCc2ccccc21)c1ccc(F)c(F)c1. The van der Waals surface area contributed by atoms with Crippen LogP contribution in [0.2, 0.25) is 0 Å². The molecular formula is C21H18F2N2O2. The Morgan fingerprint density at radius 3 is 2.74 bits per heavy atom. The number of furan rings is 1. The lowest BCUT2D eigenvalue weighted by atomic mass is 10.1. The Labute approximate surface area is 155 Å². The molecule has 1 atom stereocenters. The van der Waals surface area contributed by atoms with Gasteiger partial charge in [-0.1, -0.05) is 18.2 Å². The maximum absolute atomic E-state index is 13.4. The first kappa shape index (κ1) is 17.3. The van der Waals surface area contributed by atoms with E-state index in [0.29, 0.717) is 0 Å². The van der Waals surface area contributed by atoms with E-state index in [4.69, 9.17) is 4.42 Å². The predicted molar refractivity (Wildman–Crippen MR) is 97.6 cm³/mol. The number of nitrogens with zero attached hydrogens (tertiary/aromatic N) is 1. The van der Waals surface area contributed by atoms with Crippen LogP contribution in [-0.4, -0.2) is 19.0 Å².